The van der Waals surface area contributed by atoms with Crippen molar-refractivity contribution in [2.45, 2.75) is 12.5 Å². The van der Waals surface area contributed by atoms with Gasteiger partial charge in [0.25, 0.3) is 0 Å². The van der Waals surface area contributed by atoms with Crippen molar-refractivity contribution in [3.8, 4) is 0 Å². The number of hydrogen-bond acceptors (Lipinski definition) is 2. The molecule has 3 aromatic rings. The highest BCUT2D eigenvalue weighted by molar-refractivity contribution is 6.37. The Hall–Kier alpha value is -3.11. The first-order chi connectivity index (χ1) is 13.1. The molecule has 0 bridgehead atoms. The molecule has 0 saturated carbocycles. The number of halogens is 1. The molecule has 0 aliphatic carbocycles. The Labute approximate surface area is 161 Å². The number of anilines is 1. The van der Waals surface area contributed by atoms with Gasteiger partial charge in [0.2, 0.25) is 0 Å². The second-order valence-electron chi connectivity index (χ2n) is 6.41. The van der Waals surface area contributed by atoms with Gasteiger partial charge in [0.05, 0.1) is 6.54 Å². The maximum atomic E-state index is 12.4. The number of carbonyl (C=O) groups excluding carboxylic acids is 1. The molecule has 4 rings (SSSR count). The molecule has 1 aliphatic heterocycles. The molecule has 1 amide bonds. The van der Waals surface area contributed by atoms with Gasteiger partial charge in [-0.25, -0.2) is 4.79 Å². The Morgan fingerprint density at radius 3 is 2.15 bits per heavy atom. The van der Waals surface area contributed by atoms with Crippen LogP contribution in [0.25, 0.3) is 0 Å². The molecule has 134 valence electrons. The standard InChI is InChI=1S/C22H16ClNO3/c23-18-11-5-3-9-16(18)20-15-8-2-1-7-14(15)13-24(21(25)22(26)27)19-12-6-4-10-17(19)20/h1-12,20H,13H2,(H,26,27). The number of carboxylic acid groups (broad SMARTS) is 1. The number of hydrogen-bond donors (Lipinski definition) is 1. The van der Waals surface area contributed by atoms with Crippen LogP contribution in [0.5, 0.6) is 0 Å². The lowest BCUT2D eigenvalue weighted by Crippen LogP contribution is -2.36. The molecule has 1 aliphatic rings. The molecule has 0 spiro atoms. The molecular formula is C22H16ClNO3. The van der Waals surface area contributed by atoms with E-state index in [-0.39, 0.29) is 12.5 Å². The van der Waals surface area contributed by atoms with Gasteiger partial charge >= 0.3 is 11.9 Å². The van der Waals surface area contributed by atoms with Gasteiger partial charge < -0.3 is 5.11 Å². The summed E-state index contributed by atoms with van der Waals surface area (Å²) in [5, 5.41) is 9.94. The zero-order valence-electron chi connectivity index (χ0n) is 14.3. The molecular weight excluding hydrogens is 362 g/mol. The van der Waals surface area contributed by atoms with Crippen LogP contribution in [-0.4, -0.2) is 17.0 Å². The Morgan fingerprint density at radius 2 is 1.44 bits per heavy atom. The van der Waals surface area contributed by atoms with Gasteiger partial charge in [-0.3, -0.25) is 9.69 Å². The van der Waals surface area contributed by atoms with E-state index < -0.39 is 11.9 Å². The third-order valence-corrected chi connectivity index (χ3v) is 5.22. The molecule has 1 unspecified atom stereocenters. The highest BCUT2D eigenvalue weighted by Gasteiger charge is 2.33. The average molecular weight is 378 g/mol. The lowest BCUT2D eigenvalue weighted by atomic mass is 9.83. The Balaban J connectivity index is 2.02. The number of amides is 1. The van der Waals surface area contributed by atoms with E-state index in [9.17, 15) is 14.7 Å². The Kier molecular flexibility index (Phi) is 4.42. The van der Waals surface area contributed by atoms with E-state index in [1.165, 1.54) is 4.90 Å². The van der Waals surface area contributed by atoms with Crippen LogP contribution in [0.1, 0.15) is 28.2 Å². The first-order valence-corrected chi connectivity index (χ1v) is 8.91. The molecule has 27 heavy (non-hydrogen) atoms. The molecule has 1 atom stereocenters. The third kappa shape index (κ3) is 2.98. The van der Waals surface area contributed by atoms with E-state index in [1.807, 2.05) is 60.7 Å². The summed E-state index contributed by atoms with van der Waals surface area (Å²) >= 11 is 6.52. The normalized spacial score (nSPS) is 15.4. The van der Waals surface area contributed by atoms with Gasteiger partial charge in [-0.2, -0.15) is 0 Å². The van der Waals surface area contributed by atoms with E-state index in [2.05, 4.69) is 0 Å². The van der Waals surface area contributed by atoms with Gasteiger partial charge in [0.15, 0.2) is 0 Å². The van der Waals surface area contributed by atoms with Crippen LogP contribution in [-0.2, 0) is 16.1 Å². The van der Waals surface area contributed by atoms with Crippen molar-refractivity contribution in [1.82, 2.24) is 0 Å². The van der Waals surface area contributed by atoms with Crippen molar-refractivity contribution in [1.29, 1.82) is 0 Å². The fourth-order valence-electron chi connectivity index (χ4n) is 3.70. The maximum absolute atomic E-state index is 12.4. The number of rotatable bonds is 1. The number of aliphatic carboxylic acids is 1. The van der Waals surface area contributed by atoms with Crippen LogP contribution in [0, 0.1) is 0 Å². The number of benzene rings is 3. The predicted molar refractivity (Wildman–Crippen MR) is 104 cm³/mol. The second-order valence-corrected chi connectivity index (χ2v) is 6.82. The highest BCUT2D eigenvalue weighted by Crippen LogP contribution is 2.44. The van der Waals surface area contributed by atoms with Crippen molar-refractivity contribution < 1.29 is 14.7 Å². The summed E-state index contributed by atoms with van der Waals surface area (Å²) in [7, 11) is 0. The van der Waals surface area contributed by atoms with Gasteiger partial charge in [-0.1, -0.05) is 72.3 Å². The van der Waals surface area contributed by atoms with Crippen LogP contribution < -0.4 is 4.90 Å². The van der Waals surface area contributed by atoms with E-state index in [0.717, 1.165) is 22.3 Å². The van der Waals surface area contributed by atoms with E-state index in [0.29, 0.717) is 10.7 Å². The smallest absolute Gasteiger partial charge is 0.394 e. The van der Waals surface area contributed by atoms with Crippen molar-refractivity contribution in [2.24, 2.45) is 0 Å². The molecule has 0 saturated heterocycles. The molecule has 0 fully saturated rings. The molecule has 4 nitrogen and oxygen atoms in total. The maximum Gasteiger partial charge on any atom is 0.394 e. The van der Waals surface area contributed by atoms with Gasteiger partial charge in [0, 0.05) is 16.6 Å². The van der Waals surface area contributed by atoms with Gasteiger partial charge in [-0.05, 0) is 34.4 Å². The van der Waals surface area contributed by atoms with Crippen LogP contribution >= 0.6 is 11.6 Å². The zero-order valence-corrected chi connectivity index (χ0v) is 15.1. The van der Waals surface area contributed by atoms with Crippen molar-refractivity contribution in [2.75, 3.05) is 4.90 Å². The first-order valence-electron chi connectivity index (χ1n) is 8.54. The molecule has 0 radical (unpaired) electrons. The number of carboxylic acids is 1. The van der Waals surface area contributed by atoms with Crippen LogP contribution in [0.15, 0.2) is 72.8 Å². The largest absolute Gasteiger partial charge is 0.474 e. The minimum atomic E-state index is -1.47. The highest BCUT2D eigenvalue weighted by atomic mass is 35.5. The van der Waals surface area contributed by atoms with Crippen LogP contribution in [0.3, 0.4) is 0 Å². The molecule has 1 N–H and O–H groups in total. The Morgan fingerprint density at radius 1 is 0.852 bits per heavy atom. The summed E-state index contributed by atoms with van der Waals surface area (Å²) in [6, 6.07) is 22.8. The zero-order chi connectivity index (χ0) is 19.0. The number of para-hydroxylation sites is 1. The van der Waals surface area contributed by atoms with Gasteiger partial charge in [-0.15, -0.1) is 0 Å². The molecule has 5 heteroatoms. The van der Waals surface area contributed by atoms with Crippen molar-refractivity contribution in [3.05, 3.63) is 100 Å². The van der Waals surface area contributed by atoms with E-state index in [1.54, 1.807) is 12.1 Å². The number of fused-ring (bicyclic) bond motifs is 2. The number of nitrogens with zero attached hydrogens (tertiary/aromatic N) is 1. The van der Waals surface area contributed by atoms with Gasteiger partial charge in [0.1, 0.15) is 0 Å². The summed E-state index contributed by atoms with van der Waals surface area (Å²) in [6.07, 6.45) is 0. The molecule has 0 aromatic heterocycles. The Bertz CT molecular complexity index is 1050. The molecule has 1 heterocycles. The fourth-order valence-corrected chi connectivity index (χ4v) is 3.95. The van der Waals surface area contributed by atoms with Crippen molar-refractivity contribution in [3.63, 3.8) is 0 Å². The van der Waals surface area contributed by atoms with E-state index >= 15 is 0 Å². The van der Waals surface area contributed by atoms with Crippen molar-refractivity contribution >= 4 is 29.2 Å². The first kappa shape index (κ1) is 17.3. The van der Waals surface area contributed by atoms with E-state index in [4.69, 9.17) is 11.6 Å². The topological polar surface area (TPSA) is 57.6 Å². The summed E-state index contributed by atoms with van der Waals surface area (Å²) in [5.41, 5.74) is 4.27. The summed E-state index contributed by atoms with van der Waals surface area (Å²) in [4.78, 5) is 25.2. The third-order valence-electron chi connectivity index (χ3n) is 4.88. The molecule has 3 aromatic carbocycles. The lowest BCUT2D eigenvalue weighted by Gasteiger charge is -2.23. The minimum Gasteiger partial charge on any atom is -0.474 e. The SMILES string of the molecule is O=C(O)C(=O)N1Cc2ccccc2C(c2ccccc2Cl)c2ccccc21. The average Bonchev–Trinajstić information content (AvgIpc) is 2.82. The fraction of sp³-hybridized carbons (Fsp3) is 0.0909. The lowest BCUT2D eigenvalue weighted by molar-refractivity contribution is -0.148. The summed E-state index contributed by atoms with van der Waals surface area (Å²) in [6.45, 7) is 0.194. The second kappa shape index (κ2) is 6.89. The minimum absolute atomic E-state index is 0.194. The van der Waals surface area contributed by atoms with Crippen LogP contribution in [0.4, 0.5) is 5.69 Å². The monoisotopic (exact) mass is 377 g/mol. The number of carbonyl (C=O) groups is 2. The summed E-state index contributed by atoms with van der Waals surface area (Å²) < 4.78 is 0. The quantitative estimate of drug-likeness (QED) is 0.637. The summed E-state index contributed by atoms with van der Waals surface area (Å²) in [5.74, 6) is -2.62. The predicted octanol–water partition coefficient (Wildman–Crippen LogP) is 4.45. The van der Waals surface area contributed by atoms with Crippen LogP contribution in [0.2, 0.25) is 5.02 Å².